The Kier molecular flexibility index (Phi) is 7.19. The van der Waals surface area contributed by atoms with Crippen LogP contribution in [-0.4, -0.2) is 19.2 Å². The van der Waals surface area contributed by atoms with E-state index in [2.05, 4.69) is 10.1 Å². The summed E-state index contributed by atoms with van der Waals surface area (Å²) in [5.74, 6) is 0. The van der Waals surface area contributed by atoms with Crippen molar-refractivity contribution in [2.24, 2.45) is 0 Å². The van der Waals surface area contributed by atoms with E-state index in [0.717, 1.165) is 0 Å². The maximum Gasteiger partial charge on any atom is 0.407 e. The van der Waals surface area contributed by atoms with Crippen molar-refractivity contribution < 1.29 is 9.53 Å². The van der Waals surface area contributed by atoms with Gasteiger partial charge in [0, 0.05) is 6.04 Å². The Bertz CT molecular complexity index is 85.0. The number of amides is 1. The molecule has 0 heterocycles. The molecule has 3 nitrogen and oxygen atoms in total. The molecule has 1 amide bonds. The van der Waals surface area contributed by atoms with Crippen LogP contribution in [0.3, 0.4) is 0 Å². The molecule has 0 aromatic carbocycles. The lowest BCUT2D eigenvalue weighted by molar-refractivity contribution is 0.168. The first-order valence-corrected chi connectivity index (χ1v) is 2.51. The maximum atomic E-state index is 10.3. The highest BCUT2D eigenvalue weighted by Crippen LogP contribution is 1.77. The van der Waals surface area contributed by atoms with E-state index < -0.39 is 0 Å². The largest absolute Gasteiger partial charge is 0.453 e. The second kappa shape index (κ2) is 5.69. The van der Waals surface area contributed by atoms with Crippen LogP contribution < -0.4 is 5.32 Å². The topological polar surface area (TPSA) is 38.3 Å². The van der Waals surface area contributed by atoms with E-state index in [9.17, 15) is 4.79 Å². The molecule has 0 aliphatic carbocycles. The highest BCUT2D eigenvalue weighted by atomic mass is 35.5. The van der Waals surface area contributed by atoms with E-state index >= 15 is 0 Å². The second-order valence-corrected chi connectivity index (χ2v) is 1.79. The lowest BCUT2D eigenvalue weighted by atomic mass is 10.4. The molecule has 0 aliphatic heterocycles. The summed E-state index contributed by atoms with van der Waals surface area (Å²) >= 11 is 0. The molecule has 0 aromatic rings. The minimum atomic E-state index is -0.375. The monoisotopic (exact) mass is 153 g/mol. The highest BCUT2D eigenvalue weighted by Gasteiger charge is 1.97. The predicted octanol–water partition coefficient (Wildman–Crippen LogP) is 1.17. The zero-order valence-corrected chi connectivity index (χ0v) is 6.62. The number of alkyl carbamates (subject to hydrolysis) is 1. The molecule has 4 heteroatoms. The van der Waals surface area contributed by atoms with Crippen LogP contribution >= 0.6 is 12.4 Å². The number of carbonyl (C=O) groups is 1. The molecule has 0 aliphatic rings. The number of methoxy groups -OCH3 is 1. The van der Waals surface area contributed by atoms with Gasteiger partial charge in [0.1, 0.15) is 0 Å². The van der Waals surface area contributed by atoms with Crippen molar-refractivity contribution >= 4 is 18.5 Å². The third kappa shape index (κ3) is 7.56. The van der Waals surface area contributed by atoms with Crippen molar-refractivity contribution in [3.63, 3.8) is 0 Å². The molecule has 0 rings (SSSR count). The van der Waals surface area contributed by atoms with Crippen LogP contribution in [0.1, 0.15) is 13.8 Å². The fourth-order valence-electron chi connectivity index (χ4n) is 0.295. The molecule has 1 N–H and O–H groups in total. The lowest BCUT2D eigenvalue weighted by Crippen LogP contribution is -2.29. The van der Waals surface area contributed by atoms with Crippen molar-refractivity contribution in [3.8, 4) is 0 Å². The van der Waals surface area contributed by atoms with Crippen LogP contribution in [-0.2, 0) is 4.74 Å². The quantitative estimate of drug-likeness (QED) is 0.614. The van der Waals surface area contributed by atoms with Gasteiger partial charge in [0.05, 0.1) is 7.11 Å². The molecular weight excluding hydrogens is 142 g/mol. The number of hydrogen-bond acceptors (Lipinski definition) is 2. The van der Waals surface area contributed by atoms with E-state index in [0.29, 0.717) is 0 Å². The van der Waals surface area contributed by atoms with E-state index in [4.69, 9.17) is 0 Å². The van der Waals surface area contributed by atoms with Gasteiger partial charge in [-0.15, -0.1) is 12.4 Å². The standard InChI is InChI=1S/C5H11NO2.ClH/c1-4(2)6-5(7)8-3;/h4H,1-3H3,(H,6,7);1H. The summed E-state index contributed by atoms with van der Waals surface area (Å²) in [6.07, 6.45) is -0.375. The first kappa shape index (κ1) is 11.4. The van der Waals surface area contributed by atoms with Crippen LogP contribution in [0.2, 0.25) is 0 Å². The van der Waals surface area contributed by atoms with Gasteiger partial charge in [-0.3, -0.25) is 0 Å². The van der Waals surface area contributed by atoms with Gasteiger partial charge in [-0.1, -0.05) is 0 Å². The third-order valence-corrected chi connectivity index (χ3v) is 0.592. The lowest BCUT2D eigenvalue weighted by Gasteiger charge is -2.04. The van der Waals surface area contributed by atoms with Crippen LogP contribution in [0.25, 0.3) is 0 Å². The molecule has 0 atom stereocenters. The average Bonchev–Trinajstić information content (AvgIpc) is 1.65. The molecule has 0 saturated carbocycles. The molecule has 9 heavy (non-hydrogen) atoms. The molecule has 0 fully saturated rings. The summed E-state index contributed by atoms with van der Waals surface area (Å²) in [4.78, 5) is 10.3. The van der Waals surface area contributed by atoms with Gasteiger partial charge in [-0.2, -0.15) is 0 Å². The van der Waals surface area contributed by atoms with E-state index in [1.807, 2.05) is 13.8 Å². The Hall–Kier alpha value is -0.440. The summed E-state index contributed by atoms with van der Waals surface area (Å²) in [6.45, 7) is 3.74. The van der Waals surface area contributed by atoms with Crippen LogP contribution in [0, 0.1) is 0 Å². The van der Waals surface area contributed by atoms with E-state index in [-0.39, 0.29) is 24.5 Å². The van der Waals surface area contributed by atoms with Gasteiger partial charge >= 0.3 is 6.09 Å². The second-order valence-electron chi connectivity index (χ2n) is 1.79. The van der Waals surface area contributed by atoms with Crippen LogP contribution in [0.15, 0.2) is 0 Å². The zero-order chi connectivity index (χ0) is 6.57. The molecule has 56 valence electrons. The summed E-state index contributed by atoms with van der Waals surface area (Å²) in [5, 5.41) is 2.53. The van der Waals surface area contributed by atoms with Crippen molar-refractivity contribution in [3.05, 3.63) is 0 Å². The van der Waals surface area contributed by atoms with Crippen molar-refractivity contribution in [2.45, 2.75) is 19.9 Å². The first-order valence-electron chi connectivity index (χ1n) is 2.51. The normalized spacial score (nSPS) is 8.00. The fraction of sp³-hybridized carbons (Fsp3) is 0.800. The van der Waals surface area contributed by atoms with E-state index in [1.165, 1.54) is 7.11 Å². The Morgan fingerprint density at radius 2 is 2.00 bits per heavy atom. The van der Waals surface area contributed by atoms with Crippen LogP contribution in [0.4, 0.5) is 4.79 Å². The number of ether oxygens (including phenoxy) is 1. The molecule has 0 spiro atoms. The number of hydrogen-bond donors (Lipinski definition) is 1. The predicted molar refractivity (Wildman–Crippen MR) is 37.9 cm³/mol. The van der Waals surface area contributed by atoms with Gasteiger partial charge in [0.25, 0.3) is 0 Å². The Morgan fingerprint density at radius 3 is 2.11 bits per heavy atom. The van der Waals surface area contributed by atoms with Gasteiger partial charge in [0.2, 0.25) is 0 Å². The van der Waals surface area contributed by atoms with E-state index in [1.54, 1.807) is 0 Å². The van der Waals surface area contributed by atoms with Gasteiger partial charge in [-0.05, 0) is 13.8 Å². The minimum absolute atomic E-state index is 0. The van der Waals surface area contributed by atoms with Crippen LogP contribution in [0.5, 0.6) is 0 Å². The molecule has 0 unspecified atom stereocenters. The Morgan fingerprint density at radius 1 is 1.56 bits per heavy atom. The van der Waals surface area contributed by atoms with Crippen molar-refractivity contribution in [2.75, 3.05) is 7.11 Å². The SMILES string of the molecule is COC(=O)NC(C)C.Cl. The molecule has 0 aromatic heterocycles. The summed E-state index contributed by atoms with van der Waals surface area (Å²) in [7, 11) is 1.34. The maximum absolute atomic E-state index is 10.3. The zero-order valence-electron chi connectivity index (χ0n) is 5.80. The number of rotatable bonds is 1. The Labute approximate surface area is 61.2 Å². The molecule has 0 bridgehead atoms. The average molecular weight is 154 g/mol. The Balaban J connectivity index is 0. The first-order chi connectivity index (χ1) is 3.66. The summed E-state index contributed by atoms with van der Waals surface area (Å²) in [5.41, 5.74) is 0. The van der Waals surface area contributed by atoms with Crippen molar-refractivity contribution in [1.29, 1.82) is 0 Å². The number of carbonyl (C=O) groups excluding carboxylic acids is 1. The molecular formula is C5H12ClNO2. The highest BCUT2D eigenvalue weighted by molar-refractivity contribution is 5.85. The minimum Gasteiger partial charge on any atom is -0.453 e. The van der Waals surface area contributed by atoms with Gasteiger partial charge < -0.3 is 10.1 Å². The molecule has 0 radical (unpaired) electrons. The summed E-state index contributed by atoms with van der Waals surface area (Å²) < 4.78 is 4.31. The number of halogens is 1. The van der Waals surface area contributed by atoms with Crippen molar-refractivity contribution in [1.82, 2.24) is 5.32 Å². The fourth-order valence-corrected chi connectivity index (χ4v) is 0.295. The summed E-state index contributed by atoms with van der Waals surface area (Å²) in [6, 6.07) is 0.155. The van der Waals surface area contributed by atoms with Gasteiger partial charge in [-0.25, -0.2) is 4.79 Å². The smallest absolute Gasteiger partial charge is 0.407 e. The number of nitrogens with one attached hydrogen (secondary N) is 1. The third-order valence-electron chi connectivity index (χ3n) is 0.592. The van der Waals surface area contributed by atoms with Gasteiger partial charge in [0.15, 0.2) is 0 Å². The molecule has 0 saturated heterocycles.